The first kappa shape index (κ1) is 16.0. The third kappa shape index (κ3) is 5.20. The van der Waals surface area contributed by atoms with Crippen molar-refractivity contribution in [2.24, 2.45) is 4.99 Å². The van der Waals surface area contributed by atoms with Gasteiger partial charge in [-0.3, -0.25) is 10.1 Å². The van der Waals surface area contributed by atoms with Gasteiger partial charge in [-0.15, -0.1) is 0 Å². The zero-order valence-corrected chi connectivity index (χ0v) is 11.9. The summed E-state index contributed by atoms with van der Waals surface area (Å²) in [4.78, 5) is 24.3. The second-order valence-electron chi connectivity index (χ2n) is 3.02. The van der Waals surface area contributed by atoms with Gasteiger partial charge in [-0.1, -0.05) is 46.4 Å². The highest BCUT2D eigenvalue weighted by Crippen LogP contribution is 2.30. The molecule has 0 N–H and O–H groups in total. The maximum absolute atomic E-state index is 11.3. The highest BCUT2D eigenvalue weighted by atomic mass is 35.6. The van der Waals surface area contributed by atoms with Crippen LogP contribution in [0, 0.1) is 10.1 Å². The smallest absolute Gasteiger partial charge is 0.409 e. The Bertz CT molecular complexity index is 524. The van der Waals surface area contributed by atoms with Crippen LogP contribution >= 0.6 is 46.4 Å². The highest BCUT2D eigenvalue weighted by molar-refractivity contribution is 6.89. The van der Waals surface area contributed by atoms with E-state index in [0.717, 1.165) is 12.1 Å². The van der Waals surface area contributed by atoms with Gasteiger partial charge >= 0.3 is 6.09 Å². The molecule has 102 valence electrons. The van der Waals surface area contributed by atoms with Gasteiger partial charge in [0.15, 0.2) is 5.17 Å². The van der Waals surface area contributed by atoms with Gasteiger partial charge in [-0.2, -0.15) is 4.99 Å². The van der Waals surface area contributed by atoms with Crippen LogP contribution in [0.1, 0.15) is 0 Å². The van der Waals surface area contributed by atoms with E-state index in [1.807, 2.05) is 0 Å². The van der Waals surface area contributed by atoms with Crippen molar-refractivity contribution in [1.29, 1.82) is 0 Å². The van der Waals surface area contributed by atoms with Crippen LogP contribution in [-0.2, 0) is 0 Å². The number of ether oxygens (including phenoxy) is 1. The molecule has 0 heterocycles. The number of halogens is 4. The third-order valence-corrected chi connectivity index (χ3v) is 2.87. The molecule has 19 heavy (non-hydrogen) atoms. The highest BCUT2D eigenvalue weighted by Gasteiger charge is 2.27. The number of hydrogen-bond donors (Lipinski definition) is 0. The van der Waals surface area contributed by atoms with Crippen LogP contribution in [0.15, 0.2) is 29.3 Å². The van der Waals surface area contributed by atoms with E-state index in [9.17, 15) is 14.9 Å². The summed E-state index contributed by atoms with van der Waals surface area (Å²) in [6.45, 7) is 0. The average Bonchev–Trinajstić information content (AvgIpc) is 2.28. The zero-order valence-electron chi connectivity index (χ0n) is 8.85. The second kappa shape index (κ2) is 6.38. The van der Waals surface area contributed by atoms with Gasteiger partial charge < -0.3 is 4.74 Å². The molecule has 0 unspecified atom stereocenters. The van der Waals surface area contributed by atoms with Gasteiger partial charge in [0.25, 0.3) is 5.69 Å². The Hall–Kier alpha value is -1.08. The Balaban J connectivity index is 2.75. The number of amides is 1. The predicted octanol–water partition coefficient (Wildman–Crippen LogP) is 4.10. The van der Waals surface area contributed by atoms with Gasteiger partial charge in [-0.25, -0.2) is 4.79 Å². The Kier molecular flexibility index (Phi) is 5.37. The molecule has 0 aliphatic carbocycles. The molecule has 0 bridgehead atoms. The topological polar surface area (TPSA) is 81.8 Å². The summed E-state index contributed by atoms with van der Waals surface area (Å²) >= 11 is 21.6. The number of non-ortho nitro benzene ring substituents is 1. The third-order valence-electron chi connectivity index (χ3n) is 1.68. The number of nitro benzene ring substituents is 1. The van der Waals surface area contributed by atoms with Crippen LogP contribution in [-0.4, -0.2) is 20.0 Å². The normalized spacial score (nSPS) is 12.1. The Morgan fingerprint density at radius 1 is 1.26 bits per heavy atom. The molecule has 6 nitrogen and oxygen atoms in total. The molecule has 0 aliphatic heterocycles. The van der Waals surface area contributed by atoms with E-state index in [4.69, 9.17) is 51.1 Å². The number of nitrogens with zero attached hydrogens (tertiary/aromatic N) is 2. The van der Waals surface area contributed by atoms with E-state index >= 15 is 0 Å². The standard InChI is InChI=1S/C9H4Cl4N2O4/c10-7(9(11,12)13)14-8(16)19-6-3-1-5(2-4-6)15(17)18/h1-4H/b14-7-. The van der Waals surface area contributed by atoms with Crippen molar-refractivity contribution in [3.63, 3.8) is 0 Å². The van der Waals surface area contributed by atoms with E-state index in [2.05, 4.69) is 4.99 Å². The maximum atomic E-state index is 11.3. The summed E-state index contributed by atoms with van der Waals surface area (Å²) in [6.07, 6.45) is -1.12. The molecule has 10 heteroatoms. The Morgan fingerprint density at radius 2 is 1.79 bits per heavy atom. The number of alkyl halides is 3. The van der Waals surface area contributed by atoms with Gasteiger partial charge in [0, 0.05) is 12.1 Å². The summed E-state index contributed by atoms with van der Waals surface area (Å²) < 4.78 is 2.67. The number of carbonyl (C=O) groups excluding carboxylic acids is 1. The quantitative estimate of drug-likeness (QED) is 0.349. The van der Waals surface area contributed by atoms with Crippen molar-refractivity contribution in [1.82, 2.24) is 0 Å². The molecule has 0 aromatic heterocycles. The minimum Gasteiger partial charge on any atom is -0.409 e. The molecule has 0 saturated carbocycles. The number of aliphatic imine (C=N–C) groups is 1. The first-order valence-corrected chi connectivity index (χ1v) is 5.99. The van der Waals surface area contributed by atoms with Gasteiger partial charge in [-0.05, 0) is 12.1 Å². The fourth-order valence-electron chi connectivity index (χ4n) is 0.903. The van der Waals surface area contributed by atoms with Gasteiger partial charge in [0.2, 0.25) is 3.79 Å². The second-order valence-corrected chi connectivity index (χ2v) is 5.66. The molecule has 1 rings (SSSR count). The van der Waals surface area contributed by atoms with E-state index in [1.54, 1.807) is 0 Å². The molecule has 0 aliphatic rings. The summed E-state index contributed by atoms with van der Waals surface area (Å²) in [6, 6.07) is 4.75. The van der Waals surface area contributed by atoms with E-state index < -0.39 is 20.0 Å². The van der Waals surface area contributed by atoms with Crippen molar-refractivity contribution in [2.75, 3.05) is 0 Å². The number of rotatable bonds is 2. The predicted molar refractivity (Wildman–Crippen MR) is 72.7 cm³/mol. The first-order valence-electron chi connectivity index (χ1n) is 4.48. The van der Waals surface area contributed by atoms with Crippen LogP contribution in [0.2, 0.25) is 0 Å². The van der Waals surface area contributed by atoms with Crippen molar-refractivity contribution in [3.05, 3.63) is 34.4 Å². The van der Waals surface area contributed by atoms with E-state index in [-0.39, 0.29) is 11.4 Å². The number of nitro groups is 1. The molecule has 0 spiro atoms. The summed E-state index contributed by atoms with van der Waals surface area (Å²) in [5, 5.41) is 9.83. The fourth-order valence-corrected chi connectivity index (χ4v) is 1.10. The average molecular weight is 346 g/mol. The lowest BCUT2D eigenvalue weighted by atomic mass is 10.3. The molecule has 1 aromatic carbocycles. The summed E-state index contributed by atoms with van der Waals surface area (Å²) in [5.41, 5.74) is -0.150. The molecule has 0 saturated heterocycles. The number of carbonyl (C=O) groups is 1. The minimum atomic E-state index is -2.03. The Labute approximate surface area is 127 Å². The van der Waals surface area contributed by atoms with Crippen LogP contribution in [0.25, 0.3) is 0 Å². The van der Waals surface area contributed by atoms with Crippen LogP contribution in [0.4, 0.5) is 10.5 Å². The monoisotopic (exact) mass is 344 g/mol. The van der Waals surface area contributed by atoms with Crippen LogP contribution in [0.3, 0.4) is 0 Å². The molecule has 1 amide bonds. The van der Waals surface area contributed by atoms with Crippen LogP contribution in [0.5, 0.6) is 5.75 Å². The van der Waals surface area contributed by atoms with Crippen molar-refractivity contribution < 1.29 is 14.5 Å². The SMILES string of the molecule is O=C(/N=C(\Cl)C(Cl)(Cl)Cl)Oc1ccc([N+](=O)[O-])cc1. The lowest BCUT2D eigenvalue weighted by Crippen LogP contribution is -2.16. The van der Waals surface area contributed by atoms with Crippen molar-refractivity contribution >= 4 is 63.4 Å². The maximum Gasteiger partial charge on any atom is 0.440 e. The van der Waals surface area contributed by atoms with E-state index in [1.165, 1.54) is 12.1 Å². The van der Waals surface area contributed by atoms with Gasteiger partial charge in [0.1, 0.15) is 5.75 Å². The van der Waals surface area contributed by atoms with Crippen molar-refractivity contribution in [2.45, 2.75) is 3.79 Å². The lowest BCUT2D eigenvalue weighted by Gasteiger charge is -2.07. The molecule has 1 aromatic rings. The molecule has 0 radical (unpaired) electrons. The van der Waals surface area contributed by atoms with Crippen LogP contribution < -0.4 is 4.74 Å². The number of hydrogen-bond acceptors (Lipinski definition) is 4. The number of benzene rings is 1. The molecular formula is C9H4Cl4N2O4. The van der Waals surface area contributed by atoms with Crippen molar-refractivity contribution in [3.8, 4) is 5.75 Å². The zero-order chi connectivity index (χ0) is 14.6. The molecular weight excluding hydrogens is 342 g/mol. The fraction of sp³-hybridized carbons (Fsp3) is 0.111. The molecule has 0 atom stereocenters. The lowest BCUT2D eigenvalue weighted by molar-refractivity contribution is -0.384. The van der Waals surface area contributed by atoms with Gasteiger partial charge in [0.05, 0.1) is 4.92 Å². The van der Waals surface area contributed by atoms with E-state index in [0.29, 0.717) is 0 Å². The molecule has 0 fully saturated rings. The summed E-state index contributed by atoms with van der Waals surface area (Å²) in [5.74, 6) is 0.0353. The summed E-state index contributed by atoms with van der Waals surface area (Å²) in [7, 11) is 0. The largest absolute Gasteiger partial charge is 0.440 e. The Morgan fingerprint density at radius 3 is 2.21 bits per heavy atom. The minimum absolute atomic E-state index is 0.0353. The first-order chi connectivity index (χ1) is 8.70.